The summed E-state index contributed by atoms with van der Waals surface area (Å²) in [5.74, 6) is -1.06. The first-order valence-corrected chi connectivity index (χ1v) is 7.50. The fourth-order valence-electron chi connectivity index (χ4n) is 1.96. The number of hydrogen-bond donors (Lipinski definition) is 0. The highest BCUT2D eigenvalue weighted by Gasteiger charge is 2.33. The molecule has 0 bridgehead atoms. The van der Waals surface area contributed by atoms with Gasteiger partial charge >= 0.3 is 11.9 Å². The lowest BCUT2D eigenvalue weighted by Gasteiger charge is -2.18. The topological polar surface area (TPSA) is 61.8 Å². The second-order valence-corrected chi connectivity index (χ2v) is 7.05. The second-order valence-electron chi connectivity index (χ2n) is 4.51. The van der Waals surface area contributed by atoms with Gasteiger partial charge in [-0.1, -0.05) is 13.3 Å². The van der Waals surface area contributed by atoms with Crippen molar-refractivity contribution in [3.05, 3.63) is 0 Å². The van der Waals surface area contributed by atoms with E-state index in [-0.39, 0.29) is 24.2 Å². The standard InChI is InChI=1S/C11H20O5Si/c1-7(17-11(14-2)15-3)4-5-8-6-9(12)16-10(8)13/h7-8,11H,4-6,17H2,1-3H3. The van der Waals surface area contributed by atoms with Gasteiger partial charge in [-0.25, -0.2) is 0 Å². The minimum absolute atomic E-state index is 0.0674. The summed E-state index contributed by atoms with van der Waals surface area (Å²) in [6, 6.07) is 0. The predicted octanol–water partition coefficient (Wildman–Crippen LogP) is 0.410. The molecule has 0 saturated carbocycles. The van der Waals surface area contributed by atoms with Crippen LogP contribution in [0, 0.1) is 5.92 Å². The first-order chi connectivity index (χ1) is 8.06. The zero-order valence-electron chi connectivity index (χ0n) is 10.6. The van der Waals surface area contributed by atoms with Crippen LogP contribution in [0.1, 0.15) is 26.2 Å². The maximum absolute atomic E-state index is 11.3. The van der Waals surface area contributed by atoms with Crippen LogP contribution in [0.15, 0.2) is 0 Å². The second kappa shape index (κ2) is 6.88. The Kier molecular flexibility index (Phi) is 5.80. The van der Waals surface area contributed by atoms with E-state index in [0.717, 1.165) is 12.8 Å². The highest BCUT2D eigenvalue weighted by Crippen LogP contribution is 2.25. The Morgan fingerprint density at radius 1 is 1.41 bits per heavy atom. The number of ether oxygens (including phenoxy) is 3. The monoisotopic (exact) mass is 260 g/mol. The van der Waals surface area contributed by atoms with Gasteiger partial charge in [-0.05, 0) is 12.0 Å². The molecule has 1 rings (SSSR count). The van der Waals surface area contributed by atoms with E-state index < -0.39 is 15.5 Å². The molecule has 6 heteroatoms. The minimum atomic E-state index is -0.500. The summed E-state index contributed by atoms with van der Waals surface area (Å²) >= 11 is 0. The van der Waals surface area contributed by atoms with E-state index in [4.69, 9.17) is 9.47 Å². The molecular formula is C11H20O5Si. The summed E-state index contributed by atoms with van der Waals surface area (Å²) in [5.41, 5.74) is 0.517. The van der Waals surface area contributed by atoms with Crippen LogP contribution < -0.4 is 0 Å². The molecule has 1 fully saturated rings. The molecule has 1 heterocycles. The number of hydrogen-bond acceptors (Lipinski definition) is 5. The minimum Gasteiger partial charge on any atom is -0.393 e. The average Bonchev–Trinajstić information content (AvgIpc) is 2.62. The van der Waals surface area contributed by atoms with Gasteiger partial charge in [-0.3, -0.25) is 9.59 Å². The van der Waals surface area contributed by atoms with Gasteiger partial charge in [-0.2, -0.15) is 0 Å². The summed E-state index contributed by atoms with van der Waals surface area (Å²) in [7, 11) is 2.78. The van der Waals surface area contributed by atoms with Crippen LogP contribution in [0.4, 0.5) is 0 Å². The molecule has 0 aromatic rings. The van der Waals surface area contributed by atoms with E-state index in [0.29, 0.717) is 5.54 Å². The third kappa shape index (κ3) is 4.57. The molecule has 0 aromatic carbocycles. The lowest BCUT2D eigenvalue weighted by molar-refractivity contribution is -0.153. The van der Waals surface area contributed by atoms with E-state index in [2.05, 4.69) is 11.7 Å². The van der Waals surface area contributed by atoms with Crippen LogP contribution in [0.5, 0.6) is 0 Å². The van der Waals surface area contributed by atoms with Crippen molar-refractivity contribution in [3.63, 3.8) is 0 Å². The third-order valence-corrected chi connectivity index (χ3v) is 5.35. The van der Waals surface area contributed by atoms with Crippen molar-refractivity contribution in [3.8, 4) is 0 Å². The highest BCUT2D eigenvalue weighted by atomic mass is 28.2. The number of methoxy groups -OCH3 is 2. The van der Waals surface area contributed by atoms with Crippen LogP contribution in [0.3, 0.4) is 0 Å². The van der Waals surface area contributed by atoms with Gasteiger partial charge in [0.15, 0.2) is 0 Å². The smallest absolute Gasteiger partial charge is 0.317 e. The Morgan fingerprint density at radius 2 is 2.06 bits per heavy atom. The van der Waals surface area contributed by atoms with Crippen LogP contribution in [0.2, 0.25) is 5.54 Å². The van der Waals surface area contributed by atoms with E-state index in [1.807, 2.05) is 0 Å². The molecule has 0 N–H and O–H groups in total. The zero-order chi connectivity index (χ0) is 12.8. The Labute approximate surface area is 104 Å². The molecule has 2 atom stereocenters. The molecule has 98 valence electrons. The summed E-state index contributed by atoms with van der Waals surface area (Å²) in [4.78, 5) is 22.2. The van der Waals surface area contributed by atoms with E-state index >= 15 is 0 Å². The average molecular weight is 260 g/mol. The normalized spacial score (nSPS) is 22.7. The lowest BCUT2D eigenvalue weighted by atomic mass is 10.0. The Morgan fingerprint density at radius 3 is 2.53 bits per heavy atom. The Hall–Kier alpha value is -0.723. The van der Waals surface area contributed by atoms with Crippen LogP contribution in [-0.4, -0.2) is 41.6 Å². The van der Waals surface area contributed by atoms with Crippen molar-refractivity contribution in [2.45, 2.75) is 37.6 Å². The number of carbonyl (C=O) groups is 2. The summed E-state index contributed by atoms with van der Waals surface area (Å²) in [6.45, 7) is 2.14. The van der Waals surface area contributed by atoms with Crippen molar-refractivity contribution in [2.75, 3.05) is 14.2 Å². The van der Waals surface area contributed by atoms with Gasteiger partial charge < -0.3 is 14.2 Å². The Bertz CT molecular complexity index is 277. The maximum atomic E-state index is 11.3. The first kappa shape index (κ1) is 14.3. The quantitative estimate of drug-likeness (QED) is 0.287. The van der Waals surface area contributed by atoms with Gasteiger partial charge in [0.05, 0.1) is 21.9 Å². The van der Waals surface area contributed by atoms with E-state index in [9.17, 15) is 9.59 Å². The zero-order valence-corrected chi connectivity index (χ0v) is 12.0. The number of cyclic esters (lactones) is 2. The van der Waals surface area contributed by atoms with Gasteiger partial charge in [-0.15, -0.1) is 0 Å². The molecule has 17 heavy (non-hydrogen) atoms. The van der Waals surface area contributed by atoms with Gasteiger partial charge in [0.2, 0.25) is 0 Å². The van der Waals surface area contributed by atoms with Crippen molar-refractivity contribution in [1.82, 2.24) is 0 Å². The third-order valence-electron chi connectivity index (χ3n) is 3.09. The molecule has 0 spiro atoms. The molecule has 2 unspecified atom stereocenters. The molecule has 0 amide bonds. The summed E-state index contributed by atoms with van der Waals surface area (Å²) < 4.78 is 14.9. The SMILES string of the molecule is COC(OC)[SiH2]C(C)CCC1CC(=O)OC1=O. The first-order valence-electron chi connectivity index (χ1n) is 5.87. The number of carbonyl (C=O) groups excluding carboxylic acids is 2. The molecule has 0 aliphatic carbocycles. The van der Waals surface area contributed by atoms with Gasteiger partial charge in [0, 0.05) is 14.2 Å². The Balaban J connectivity index is 2.26. The summed E-state index contributed by atoms with van der Waals surface area (Å²) in [6.07, 6.45) is 1.88. The highest BCUT2D eigenvalue weighted by molar-refractivity contribution is 6.38. The van der Waals surface area contributed by atoms with E-state index in [1.54, 1.807) is 14.2 Å². The van der Waals surface area contributed by atoms with Gasteiger partial charge in [0.25, 0.3) is 0 Å². The fraction of sp³-hybridized carbons (Fsp3) is 0.818. The molecule has 1 aliphatic heterocycles. The molecule has 5 nitrogen and oxygen atoms in total. The van der Waals surface area contributed by atoms with Crippen molar-refractivity contribution in [1.29, 1.82) is 0 Å². The summed E-state index contributed by atoms with van der Waals surface area (Å²) in [5, 5.41) is 0. The predicted molar refractivity (Wildman–Crippen MR) is 64.2 cm³/mol. The molecule has 0 radical (unpaired) electrons. The lowest BCUT2D eigenvalue weighted by Crippen LogP contribution is -2.24. The van der Waals surface area contributed by atoms with Crippen LogP contribution in [0.25, 0.3) is 0 Å². The van der Waals surface area contributed by atoms with Gasteiger partial charge in [0.1, 0.15) is 5.91 Å². The molecule has 1 saturated heterocycles. The molecule has 0 aromatic heterocycles. The maximum Gasteiger partial charge on any atom is 0.317 e. The fourth-order valence-corrected chi connectivity index (χ4v) is 3.48. The number of rotatable bonds is 7. The van der Waals surface area contributed by atoms with Crippen molar-refractivity contribution < 1.29 is 23.8 Å². The number of esters is 2. The van der Waals surface area contributed by atoms with E-state index in [1.165, 1.54) is 0 Å². The molecule has 1 aliphatic rings. The van der Waals surface area contributed by atoms with Crippen LogP contribution >= 0.6 is 0 Å². The molecular weight excluding hydrogens is 240 g/mol. The van der Waals surface area contributed by atoms with Crippen molar-refractivity contribution >= 4 is 21.5 Å². The van der Waals surface area contributed by atoms with Crippen LogP contribution in [-0.2, 0) is 23.8 Å². The van der Waals surface area contributed by atoms with Crippen molar-refractivity contribution in [2.24, 2.45) is 5.92 Å². The largest absolute Gasteiger partial charge is 0.393 e.